The van der Waals surface area contributed by atoms with Crippen LogP contribution >= 0.6 is 0 Å². The van der Waals surface area contributed by atoms with Gasteiger partial charge in [-0.1, -0.05) is 13.8 Å². The van der Waals surface area contributed by atoms with Gasteiger partial charge in [0.1, 0.15) is 5.82 Å². The number of halogens is 1. The summed E-state index contributed by atoms with van der Waals surface area (Å²) in [5, 5.41) is 2.64. The molecule has 0 spiro atoms. The predicted octanol–water partition coefficient (Wildman–Crippen LogP) is 1.26. The Morgan fingerprint density at radius 1 is 1.20 bits per heavy atom. The Kier molecular flexibility index (Phi) is 5.64. The topological polar surface area (TPSA) is 75.3 Å². The van der Waals surface area contributed by atoms with Gasteiger partial charge in [-0.25, -0.2) is 12.8 Å². The molecule has 0 radical (unpaired) electrons. The minimum Gasteiger partial charge on any atom is -0.354 e. The molecule has 1 amide bonds. The van der Waals surface area contributed by atoms with E-state index in [4.69, 9.17) is 0 Å². The summed E-state index contributed by atoms with van der Waals surface area (Å²) in [5.74, 6) is -0.643. The molecule has 0 aromatic heterocycles. The fraction of sp³-hybridized carbons (Fsp3) is 0.462. The summed E-state index contributed by atoms with van der Waals surface area (Å²) in [7, 11) is -3.84. The highest BCUT2D eigenvalue weighted by Gasteiger charge is 2.21. The third-order valence-electron chi connectivity index (χ3n) is 2.53. The lowest BCUT2D eigenvalue weighted by Gasteiger charge is -2.15. The number of sulfonamides is 1. The van der Waals surface area contributed by atoms with E-state index in [1.807, 2.05) is 13.8 Å². The zero-order valence-corrected chi connectivity index (χ0v) is 12.5. The molecule has 0 saturated heterocycles. The Labute approximate surface area is 118 Å². The van der Waals surface area contributed by atoms with E-state index >= 15 is 0 Å². The molecule has 1 atom stereocenters. The first-order valence-electron chi connectivity index (χ1n) is 6.28. The molecule has 20 heavy (non-hydrogen) atoms. The summed E-state index contributed by atoms with van der Waals surface area (Å²) in [4.78, 5) is 11.6. The van der Waals surface area contributed by atoms with Gasteiger partial charge >= 0.3 is 0 Å². The van der Waals surface area contributed by atoms with Crippen LogP contribution < -0.4 is 10.0 Å². The largest absolute Gasteiger partial charge is 0.354 e. The van der Waals surface area contributed by atoms with E-state index in [0.717, 1.165) is 24.3 Å². The van der Waals surface area contributed by atoms with Crippen LogP contribution in [0.15, 0.2) is 29.2 Å². The molecule has 1 aromatic carbocycles. The van der Waals surface area contributed by atoms with Crippen molar-refractivity contribution in [3.05, 3.63) is 30.1 Å². The molecule has 0 bridgehead atoms. The lowest BCUT2D eigenvalue weighted by molar-refractivity contribution is -0.122. The Morgan fingerprint density at radius 3 is 2.25 bits per heavy atom. The number of hydrogen-bond donors (Lipinski definition) is 2. The molecule has 5 nitrogen and oxygen atoms in total. The first kappa shape index (κ1) is 16.6. The average molecular weight is 302 g/mol. The summed E-state index contributed by atoms with van der Waals surface area (Å²) >= 11 is 0. The van der Waals surface area contributed by atoms with Gasteiger partial charge in [0.2, 0.25) is 15.9 Å². The molecular weight excluding hydrogens is 283 g/mol. The number of carbonyl (C=O) groups is 1. The summed E-state index contributed by atoms with van der Waals surface area (Å²) in [6.07, 6.45) is 0. The van der Waals surface area contributed by atoms with Crippen LogP contribution in [0.1, 0.15) is 20.8 Å². The Bertz CT molecular complexity index is 555. The van der Waals surface area contributed by atoms with Gasteiger partial charge in [-0.2, -0.15) is 4.72 Å². The maximum atomic E-state index is 12.8. The Balaban J connectivity index is 2.70. The minimum atomic E-state index is -3.84. The highest BCUT2D eigenvalue weighted by molar-refractivity contribution is 7.89. The van der Waals surface area contributed by atoms with Crippen molar-refractivity contribution in [3.8, 4) is 0 Å². The molecule has 0 aliphatic heterocycles. The van der Waals surface area contributed by atoms with Crippen molar-refractivity contribution in [2.75, 3.05) is 6.54 Å². The Morgan fingerprint density at radius 2 is 1.75 bits per heavy atom. The maximum absolute atomic E-state index is 12.8. The maximum Gasteiger partial charge on any atom is 0.241 e. The number of benzene rings is 1. The quantitative estimate of drug-likeness (QED) is 0.831. The van der Waals surface area contributed by atoms with E-state index in [1.54, 1.807) is 0 Å². The average Bonchev–Trinajstić information content (AvgIpc) is 2.35. The number of amides is 1. The minimum absolute atomic E-state index is 0.0811. The second kappa shape index (κ2) is 6.81. The van der Waals surface area contributed by atoms with Crippen LogP contribution in [-0.2, 0) is 14.8 Å². The highest BCUT2D eigenvalue weighted by Crippen LogP contribution is 2.10. The summed E-state index contributed by atoms with van der Waals surface area (Å²) in [6, 6.07) is 3.51. The number of carbonyl (C=O) groups excluding carboxylic acids is 1. The zero-order valence-electron chi connectivity index (χ0n) is 11.7. The van der Waals surface area contributed by atoms with Crippen LogP contribution in [0.25, 0.3) is 0 Å². The second-order valence-corrected chi connectivity index (χ2v) is 6.65. The fourth-order valence-corrected chi connectivity index (χ4v) is 2.63. The number of nitrogens with one attached hydrogen (secondary N) is 2. The van der Waals surface area contributed by atoms with Gasteiger partial charge in [-0.15, -0.1) is 0 Å². The van der Waals surface area contributed by atoms with Crippen molar-refractivity contribution >= 4 is 15.9 Å². The Hall–Kier alpha value is -1.47. The van der Waals surface area contributed by atoms with Crippen molar-refractivity contribution in [3.63, 3.8) is 0 Å². The molecule has 1 unspecified atom stereocenters. The van der Waals surface area contributed by atoms with Crippen LogP contribution in [-0.4, -0.2) is 26.9 Å². The van der Waals surface area contributed by atoms with Gasteiger partial charge in [-0.3, -0.25) is 4.79 Å². The van der Waals surface area contributed by atoms with Crippen LogP contribution in [0, 0.1) is 11.7 Å². The highest BCUT2D eigenvalue weighted by atomic mass is 32.2. The first-order chi connectivity index (χ1) is 9.22. The second-order valence-electron chi connectivity index (χ2n) is 4.94. The van der Waals surface area contributed by atoms with Crippen molar-refractivity contribution in [1.29, 1.82) is 0 Å². The summed E-state index contributed by atoms with van der Waals surface area (Å²) in [6.45, 7) is 5.81. The molecule has 0 heterocycles. The molecule has 112 valence electrons. The number of rotatable bonds is 6. The van der Waals surface area contributed by atoms with Crippen molar-refractivity contribution in [2.45, 2.75) is 31.7 Å². The molecule has 0 saturated carbocycles. The van der Waals surface area contributed by atoms with Crippen LogP contribution in [0.4, 0.5) is 4.39 Å². The van der Waals surface area contributed by atoms with Crippen molar-refractivity contribution < 1.29 is 17.6 Å². The van der Waals surface area contributed by atoms with Gasteiger partial charge in [0.15, 0.2) is 0 Å². The zero-order chi connectivity index (χ0) is 15.3. The van der Waals surface area contributed by atoms with E-state index in [1.165, 1.54) is 6.92 Å². The molecule has 1 aromatic rings. The normalized spacial score (nSPS) is 13.2. The molecular formula is C13H19FN2O3S. The van der Waals surface area contributed by atoms with Gasteiger partial charge < -0.3 is 5.32 Å². The smallest absolute Gasteiger partial charge is 0.241 e. The van der Waals surface area contributed by atoms with E-state index in [-0.39, 0.29) is 10.8 Å². The van der Waals surface area contributed by atoms with Crippen molar-refractivity contribution in [2.24, 2.45) is 5.92 Å². The molecule has 1 rings (SSSR count). The third-order valence-corrected chi connectivity index (χ3v) is 4.09. The van der Waals surface area contributed by atoms with E-state index in [0.29, 0.717) is 6.54 Å². The van der Waals surface area contributed by atoms with Crippen LogP contribution in [0.3, 0.4) is 0 Å². The van der Waals surface area contributed by atoms with Gasteiger partial charge in [0.05, 0.1) is 10.9 Å². The molecule has 7 heteroatoms. The lowest BCUT2D eigenvalue weighted by atomic mass is 10.2. The monoisotopic (exact) mass is 302 g/mol. The molecule has 0 aliphatic carbocycles. The van der Waals surface area contributed by atoms with Gasteiger partial charge in [-0.05, 0) is 37.1 Å². The molecule has 0 aliphatic rings. The first-order valence-corrected chi connectivity index (χ1v) is 7.76. The van der Waals surface area contributed by atoms with E-state index < -0.39 is 27.8 Å². The lowest BCUT2D eigenvalue weighted by Crippen LogP contribution is -2.45. The van der Waals surface area contributed by atoms with Crippen LogP contribution in [0.2, 0.25) is 0 Å². The van der Waals surface area contributed by atoms with Gasteiger partial charge in [0.25, 0.3) is 0 Å². The van der Waals surface area contributed by atoms with E-state index in [9.17, 15) is 17.6 Å². The van der Waals surface area contributed by atoms with Crippen LogP contribution in [0.5, 0.6) is 0 Å². The molecule has 2 N–H and O–H groups in total. The van der Waals surface area contributed by atoms with E-state index in [2.05, 4.69) is 10.0 Å². The van der Waals surface area contributed by atoms with Crippen molar-refractivity contribution in [1.82, 2.24) is 10.0 Å². The SMILES string of the molecule is CC(C)CNC(=O)C(C)NS(=O)(=O)c1ccc(F)cc1. The third kappa shape index (κ3) is 4.90. The predicted molar refractivity (Wildman–Crippen MR) is 74.0 cm³/mol. The summed E-state index contributed by atoms with van der Waals surface area (Å²) in [5.41, 5.74) is 0. The molecule has 0 fully saturated rings. The van der Waals surface area contributed by atoms with Gasteiger partial charge in [0, 0.05) is 6.54 Å². The standard InChI is InChI=1S/C13H19FN2O3S/c1-9(2)8-15-13(17)10(3)16-20(18,19)12-6-4-11(14)5-7-12/h4-7,9-10,16H,8H2,1-3H3,(H,15,17). The fourth-order valence-electron chi connectivity index (χ4n) is 1.43. The number of hydrogen-bond acceptors (Lipinski definition) is 3. The summed E-state index contributed by atoms with van der Waals surface area (Å²) < 4.78 is 39.0.